The van der Waals surface area contributed by atoms with Gasteiger partial charge in [0.2, 0.25) is 5.88 Å². The van der Waals surface area contributed by atoms with E-state index in [1.807, 2.05) is 19.9 Å². The summed E-state index contributed by atoms with van der Waals surface area (Å²) in [6.45, 7) is 6.47. The maximum absolute atomic E-state index is 5.60. The fraction of sp³-hybridized carbons (Fsp3) is 0.714. The van der Waals surface area contributed by atoms with Crippen LogP contribution in [0.15, 0.2) is 12.4 Å². The summed E-state index contributed by atoms with van der Waals surface area (Å²) in [5.74, 6) is 1.53. The van der Waals surface area contributed by atoms with Crippen molar-refractivity contribution in [1.82, 2.24) is 14.9 Å². The van der Waals surface area contributed by atoms with Crippen molar-refractivity contribution in [1.29, 1.82) is 0 Å². The molecule has 0 radical (unpaired) electrons. The fourth-order valence-corrected chi connectivity index (χ4v) is 3.17. The number of hydrogen-bond donors (Lipinski definition) is 1. The van der Waals surface area contributed by atoms with Crippen molar-refractivity contribution in [3.05, 3.63) is 12.4 Å². The maximum Gasteiger partial charge on any atom is 0.218 e. The minimum atomic E-state index is 0.138. The third-order valence-corrected chi connectivity index (χ3v) is 3.94. The normalized spacial score (nSPS) is 26.7. The largest absolute Gasteiger partial charge is 0.475 e. The van der Waals surface area contributed by atoms with E-state index in [9.17, 15) is 0 Å². The van der Waals surface area contributed by atoms with Gasteiger partial charge < -0.3 is 10.1 Å². The van der Waals surface area contributed by atoms with Gasteiger partial charge >= 0.3 is 0 Å². The highest BCUT2D eigenvalue weighted by Gasteiger charge is 2.37. The quantitative estimate of drug-likeness (QED) is 0.898. The second-order valence-corrected chi connectivity index (χ2v) is 5.69. The highest BCUT2D eigenvalue weighted by atomic mass is 16.5. The lowest BCUT2D eigenvalue weighted by atomic mass is 10.1. The Kier molecular flexibility index (Phi) is 3.55. The number of nitrogens with one attached hydrogen (secondary N) is 1. The van der Waals surface area contributed by atoms with Gasteiger partial charge in [0, 0.05) is 24.7 Å². The van der Waals surface area contributed by atoms with E-state index in [0.29, 0.717) is 18.0 Å². The van der Waals surface area contributed by atoms with Crippen LogP contribution in [0.5, 0.6) is 5.88 Å². The first-order valence-corrected chi connectivity index (χ1v) is 7.21. The summed E-state index contributed by atoms with van der Waals surface area (Å²) >= 11 is 0. The molecule has 0 spiro atoms. The Balaban J connectivity index is 1.66. The average Bonchev–Trinajstić information content (AvgIpc) is 2.94. The van der Waals surface area contributed by atoms with E-state index < -0.39 is 0 Å². The molecule has 0 aliphatic carbocycles. The molecule has 2 aliphatic heterocycles. The van der Waals surface area contributed by atoms with Crippen LogP contribution in [0.3, 0.4) is 0 Å². The molecule has 3 heterocycles. The van der Waals surface area contributed by atoms with Gasteiger partial charge in [0.05, 0.1) is 6.10 Å². The Hall–Kier alpha value is -1.36. The van der Waals surface area contributed by atoms with E-state index in [4.69, 9.17) is 4.74 Å². The van der Waals surface area contributed by atoms with Crippen LogP contribution in [0.1, 0.15) is 33.1 Å². The van der Waals surface area contributed by atoms with Gasteiger partial charge in [-0.15, -0.1) is 0 Å². The predicted octanol–water partition coefficient (Wildman–Crippen LogP) is 1.91. The molecule has 0 amide bonds. The summed E-state index contributed by atoms with van der Waals surface area (Å²) < 4.78 is 5.60. The molecule has 5 heteroatoms. The molecule has 3 rings (SSSR count). The molecule has 2 aliphatic rings. The first-order chi connectivity index (χ1) is 9.22. The average molecular weight is 262 g/mol. The van der Waals surface area contributed by atoms with Gasteiger partial charge in [-0.05, 0) is 39.7 Å². The molecule has 1 aromatic rings. The van der Waals surface area contributed by atoms with E-state index >= 15 is 0 Å². The summed E-state index contributed by atoms with van der Waals surface area (Å²) in [6, 6.07) is 3.10. The zero-order valence-electron chi connectivity index (χ0n) is 11.7. The topological polar surface area (TPSA) is 50.3 Å². The monoisotopic (exact) mass is 262 g/mol. The highest BCUT2D eigenvalue weighted by molar-refractivity contribution is 5.39. The summed E-state index contributed by atoms with van der Waals surface area (Å²) in [6.07, 6.45) is 5.54. The van der Waals surface area contributed by atoms with Gasteiger partial charge in [-0.3, -0.25) is 4.90 Å². The van der Waals surface area contributed by atoms with Crippen molar-refractivity contribution in [2.75, 3.05) is 18.4 Å². The van der Waals surface area contributed by atoms with Gasteiger partial charge in [-0.25, -0.2) is 9.97 Å². The van der Waals surface area contributed by atoms with Crippen LogP contribution >= 0.6 is 0 Å². The second kappa shape index (κ2) is 5.33. The zero-order valence-corrected chi connectivity index (χ0v) is 11.7. The summed E-state index contributed by atoms with van der Waals surface area (Å²) in [4.78, 5) is 11.0. The lowest BCUT2D eigenvalue weighted by molar-refractivity contribution is 0.232. The van der Waals surface area contributed by atoms with Crippen molar-refractivity contribution in [3.63, 3.8) is 0 Å². The van der Waals surface area contributed by atoms with Crippen molar-refractivity contribution in [3.8, 4) is 5.88 Å². The number of aromatic nitrogens is 2. The first kappa shape index (κ1) is 12.7. The molecule has 0 saturated carbocycles. The lowest BCUT2D eigenvalue weighted by Gasteiger charge is -2.21. The third-order valence-electron chi connectivity index (χ3n) is 3.94. The van der Waals surface area contributed by atoms with Crippen molar-refractivity contribution >= 4 is 5.82 Å². The lowest BCUT2D eigenvalue weighted by Crippen LogP contribution is -2.34. The molecule has 2 unspecified atom stereocenters. The first-order valence-electron chi connectivity index (χ1n) is 7.21. The molecular weight excluding hydrogens is 240 g/mol. The molecule has 2 atom stereocenters. The summed E-state index contributed by atoms with van der Waals surface area (Å²) in [5, 5.41) is 3.55. The Morgan fingerprint density at radius 2 is 2.21 bits per heavy atom. The van der Waals surface area contributed by atoms with Crippen molar-refractivity contribution < 1.29 is 4.74 Å². The standard InChI is InChI=1S/C14H22N4O/c1-10(2)19-14-8-13(15-9-16-14)17-11-5-7-18-6-3-4-12(11)18/h8-12H,3-7H2,1-2H3,(H,15,16,17). The Morgan fingerprint density at radius 3 is 3.05 bits per heavy atom. The van der Waals surface area contributed by atoms with Crippen LogP contribution in [0, 0.1) is 0 Å². The van der Waals surface area contributed by atoms with Gasteiger partial charge in [-0.1, -0.05) is 0 Å². The highest BCUT2D eigenvalue weighted by Crippen LogP contribution is 2.30. The zero-order chi connectivity index (χ0) is 13.2. The molecule has 104 valence electrons. The van der Waals surface area contributed by atoms with Gasteiger partial charge in [0.1, 0.15) is 12.1 Å². The maximum atomic E-state index is 5.60. The van der Waals surface area contributed by atoms with Crippen LogP contribution in [0.4, 0.5) is 5.82 Å². The minimum Gasteiger partial charge on any atom is -0.475 e. The smallest absolute Gasteiger partial charge is 0.218 e. The molecular formula is C14H22N4O. The Morgan fingerprint density at radius 1 is 1.32 bits per heavy atom. The number of anilines is 1. The van der Waals surface area contributed by atoms with Crippen LogP contribution in [0.25, 0.3) is 0 Å². The SMILES string of the molecule is CC(C)Oc1cc(NC2CCN3CCCC23)ncn1. The molecule has 1 N–H and O–H groups in total. The number of hydrogen-bond acceptors (Lipinski definition) is 5. The van der Waals surface area contributed by atoms with Gasteiger partial charge in [0.15, 0.2) is 0 Å². The molecule has 19 heavy (non-hydrogen) atoms. The van der Waals surface area contributed by atoms with E-state index in [-0.39, 0.29) is 6.10 Å². The van der Waals surface area contributed by atoms with Crippen LogP contribution in [-0.2, 0) is 0 Å². The molecule has 5 nitrogen and oxygen atoms in total. The van der Waals surface area contributed by atoms with E-state index in [2.05, 4.69) is 20.2 Å². The molecule has 0 bridgehead atoms. The summed E-state index contributed by atoms with van der Waals surface area (Å²) in [7, 11) is 0. The van der Waals surface area contributed by atoms with E-state index in [1.54, 1.807) is 6.33 Å². The van der Waals surface area contributed by atoms with Crippen molar-refractivity contribution in [2.45, 2.75) is 51.3 Å². The number of rotatable bonds is 4. The fourth-order valence-electron chi connectivity index (χ4n) is 3.17. The summed E-state index contributed by atoms with van der Waals surface area (Å²) in [5.41, 5.74) is 0. The Bertz CT molecular complexity index is 437. The van der Waals surface area contributed by atoms with Crippen LogP contribution < -0.4 is 10.1 Å². The molecule has 1 aromatic heterocycles. The van der Waals surface area contributed by atoms with E-state index in [1.165, 1.54) is 32.4 Å². The number of nitrogens with zero attached hydrogens (tertiary/aromatic N) is 3. The van der Waals surface area contributed by atoms with Crippen LogP contribution in [-0.4, -0.2) is 46.1 Å². The molecule has 2 saturated heterocycles. The number of fused-ring (bicyclic) bond motifs is 1. The van der Waals surface area contributed by atoms with Gasteiger partial charge in [0.25, 0.3) is 0 Å². The number of ether oxygens (including phenoxy) is 1. The molecule has 2 fully saturated rings. The predicted molar refractivity (Wildman–Crippen MR) is 74.4 cm³/mol. The van der Waals surface area contributed by atoms with Gasteiger partial charge in [-0.2, -0.15) is 0 Å². The second-order valence-electron chi connectivity index (χ2n) is 5.69. The molecule has 0 aromatic carbocycles. The minimum absolute atomic E-state index is 0.138. The Labute approximate surface area is 114 Å². The van der Waals surface area contributed by atoms with E-state index in [0.717, 1.165) is 5.82 Å². The third kappa shape index (κ3) is 2.81. The van der Waals surface area contributed by atoms with Crippen molar-refractivity contribution in [2.24, 2.45) is 0 Å². The van der Waals surface area contributed by atoms with Crippen LogP contribution in [0.2, 0.25) is 0 Å².